The van der Waals surface area contributed by atoms with E-state index in [0.29, 0.717) is 19.1 Å². The third kappa shape index (κ3) is 4.11. The lowest BCUT2D eigenvalue weighted by molar-refractivity contribution is 0.171. The smallest absolute Gasteiger partial charge is 0.161 e. The first kappa shape index (κ1) is 14.2. The molecule has 4 nitrogen and oxygen atoms in total. The van der Waals surface area contributed by atoms with E-state index in [1.165, 1.54) is 5.56 Å². The highest BCUT2D eigenvalue weighted by Crippen LogP contribution is 2.31. The fourth-order valence-corrected chi connectivity index (χ4v) is 2.47. The minimum atomic E-state index is 0.632. The number of ether oxygens (including phenoxy) is 2. The van der Waals surface area contributed by atoms with Crippen molar-refractivity contribution < 1.29 is 9.47 Å². The molecule has 1 unspecified atom stereocenters. The van der Waals surface area contributed by atoms with Gasteiger partial charge in [0.05, 0.1) is 0 Å². The van der Waals surface area contributed by atoms with Crippen LogP contribution in [0.2, 0.25) is 0 Å². The molecule has 0 aromatic heterocycles. The van der Waals surface area contributed by atoms with E-state index in [1.807, 2.05) is 6.07 Å². The number of fused-ring (bicyclic) bond motifs is 1. The standard InChI is InChI=1S/C15H24N2O2/c1-12(5-6-16)10-17(2)11-13-3-4-14-15(9-13)19-8-7-18-14/h3-4,9,12H,5-8,10-11,16H2,1-2H3. The molecule has 2 N–H and O–H groups in total. The lowest BCUT2D eigenvalue weighted by Crippen LogP contribution is -2.25. The summed E-state index contributed by atoms with van der Waals surface area (Å²) in [7, 11) is 2.14. The Hall–Kier alpha value is -1.26. The Bertz CT molecular complexity index is 409. The lowest BCUT2D eigenvalue weighted by Gasteiger charge is -2.23. The summed E-state index contributed by atoms with van der Waals surface area (Å²) in [5.74, 6) is 2.36. The molecule has 4 heteroatoms. The summed E-state index contributed by atoms with van der Waals surface area (Å²) >= 11 is 0. The van der Waals surface area contributed by atoms with E-state index in [4.69, 9.17) is 15.2 Å². The van der Waals surface area contributed by atoms with Gasteiger partial charge in [-0.1, -0.05) is 13.0 Å². The van der Waals surface area contributed by atoms with Crippen molar-refractivity contribution in [2.75, 3.05) is 33.4 Å². The molecule has 0 aliphatic carbocycles. The molecule has 1 aliphatic rings. The largest absolute Gasteiger partial charge is 0.486 e. The minimum Gasteiger partial charge on any atom is -0.486 e. The molecule has 0 saturated heterocycles. The molecule has 1 aromatic rings. The molecule has 1 aliphatic heterocycles. The molecule has 1 heterocycles. The average molecular weight is 264 g/mol. The van der Waals surface area contributed by atoms with Crippen molar-refractivity contribution in [3.63, 3.8) is 0 Å². The van der Waals surface area contributed by atoms with Crippen LogP contribution in [0.25, 0.3) is 0 Å². The number of nitrogens with zero attached hydrogens (tertiary/aromatic N) is 1. The Morgan fingerprint density at radius 3 is 2.74 bits per heavy atom. The lowest BCUT2D eigenvalue weighted by atomic mass is 10.1. The van der Waals surface area contributed by atoms with E-state index >= 15 is 0 Å². The Labute approximate surface area is 115 Å². The molecule has 19 heavy (non-hydrogen) atoms. The summed E-state index contributed by atoms with van der Waals surface area (Å²) in [6, 6.07) is 6.19. The van der Waals surface area contributed by atoms with Crippen LogP contribution in [0.15, 0.2) is 18.2 Å². The number of benzene rings is 1. The zero-order chi connectivity index (χ0) is 13.7. The Morgan fingerprint density at radius 1 is 1.26 bits per heavy atom. The molecule has 1 atom stereocenters. The molecule has 0 radical (unpaired) electrons. The van der Waals surface area contributed by atoms with Crippen LogP contribution in [0, 0.1) is 5.92 Å². The topological polar surface area (TPSA) is 47.7 Å². The van der Waals surface area contributed by atoms with Gasteiger partial charge in [-0.2, -0.15) is 0 Å². The molecule has 0 amide bonds. The Kier molecular flexibility index (Phi) is 5.05. The molecular formula is C15H24N2O2. The number of nitrogens with two attached hydrogens (primary N) is 1. The third-order valence-corrected chi connectivity index (χ3v) is 3.34. The van der Waals surface area contributed by atoms with Crippen molar-refractivity contribution in [1.82, 2.24) is 4.90 Å². The first-order valence-electron chi connectivity index (χ1n) is 6.96. The summed E-state index contributed by atoms with van der Waals surface area (Å²) < 4.78 is 11.1. The van der Waals surface area contributed by atoms with E-state index in [2.05, 4.69) is 31.0 Å². The van der Waals surface area contributed by atoms with Gasteiger partial charge in [0.1, 0.15) is 13.2 Å². The highest BCUT2D eigenvalue weighted by atomic mass is 16.6. The van der Waals surface area contributed by atoms with Gasteiger partial charge in [-0.3, -0.25) is 0 Å². The molecular weight excluding hydrogens is 240 g/mol. The fourth-order valence-electron chi connectivity index (χ4n) is 2.47. The van der Waals surface area contributed by atoms with Crippen molar-refractivity contribution >= 4 is 0 Å². The highest BCUT2D eigenvalue weighted by Gasteiger charge is 2.13. The zero-order valence-electron chi connectivity index (χ0n) is 11.9. The first-order valence-corrected chi connectivity index (χ1v) is 6.96. The van der Waals surface area contributed by atoms with Gasteiger partial charge in [0, 0.05) is 13.1 Å². The molecule has 0 bridgehead atoms. The van der Waals surface area contributed by atoms with Gasteiger partial charge in [-0.25, -0.2) is 0 Å². The average Bonchev–Trinajstić information content (AvgIpc) is 2.38. The van der Waals surface area contributed by atoms with Gasteiger partial charge in [0.2, 0.25) is 0 Å². The van der Waals surface area contributed by atoms with Crippen molar-refractivity contribution in [2.45, 2.75) is 19.9 Å². The van der Waals surface area contributed by atoms with Gasteiger partial charge in [0.15, 0.2) is 11.5 Å². The molecule has 0 fully saturated rings. The summed E-state index contributed by atoms with van der Waals surface area (Å²) in [6.45, 7) is 6.27. The van der Waals surface area contributed by atoms with Crippen LogP contribution in [0.3, 0.4) is 0 Å². The minimum absolute atomic E-state index is 0.632. The number of hydrogen-bond donors (Lipinski definition) is 1. The summed E-state index contributed by atoms with van der Waals surface area (Å²) in [6.07, 6.45) is 1.07. The quantitative estimate of drug-likeness (QED) is 0.852. The Balaban J connectivity index is 1.91. The summed E-state index contributed by atoms with van der Waals surface area (Å²) in [5.41, 5.74) is 6.84. The monoisotopic (exact) mass is 264 g/mol. The fraction of sp³-hybridized carbons (Fsp3) is 0.600. The van der Waals surface area contributed by atoms with Gasteiger partial charge in [0.25, 0.3) is 0 Å². The maximum atomic E-state index is 5.61. The molecule has 1 aromatic carbocycles. The van der Waals surface area contributed by atoms with Crippen LogP contribution in [0.5, 0.6) is 11.5 Å². The van der Waals surface area contributed by atoms with E-state index in [1.54, 1.807) is 0 Å². The van der Waals surface area contributed by atoms with Crippen LogP contribution >= 0.6 is 0 Å². The molecule has 0 spiro atoms. The normalized spacial score (nSPS) is 15.6. The molecule has 0 saturated carbocycles. The third-order valence-electron chi connectivity index (χ3n) is 3.34. The number of rotatable bonds is 6. The first-order chi connectivity index (χ1) is 9.19. The van der Waals surface area contributed by atoms with Gasteiger partial charge < -0.3 is 20.1 Å². The van der Waals surface area contributed by atoms with Crippen LogP contribution in [-0.4, -0.2) is 38.3 Å². The van der Waals surface area contributed by atoms with Crippen LogP contribution in [-0.2, 0) is 6.54 Å². The molecule has 2 rings (SSSR count). The number of hydrogen-bond acceptors (Lipinski definition) is 4. The summed E-state index contributed by atoms with van der Waals surface area (Å²) in [4.78, 5) is 2.33. The SMILES string of the molecule is CC(CCN)CN(C)Cc1ccc2c(c1)OCCO2. The van der Waals surface area contributed by atoms with Gasteiger partial charge in [-0.05, 0) is 43.6 Å². The highest BCUT2D eigenvalue weighted by molar-refractivity contribution is 5.43. The van der Waals surface area contributed by atoms with E-state index in [-0.39, 0.29) is 0 Å². The van der Waals surface area contributed by atoms with Crippen molar-refractivity contribution in [3.8, 4) is 11.5 Å². The maximum Gasteiger partial charge on any atom is 0.161 e. The van der Waals surface area contributed by atoms with Crippen LogP contribution in [0.4, 0.5) is 0 Å². The van der Waals surface area contributed by atoms with E-state index in [0.717, 1.165) is 37.6 Å². The maximum absolute atomic E-state index is 5.61. The second-order valence-electron chi connectivity index (χ2n) is 5.36. The van der Waals surface area contributed by atoms with Crippen molar-refractivity contribution in [3.05, 3.63) is 23.8 Å². The molecule has 106 valence electrons. The summed E-state index contributed by atoms with van der Waals surface area (Å²) in [5, 5.41) is 0. The van der Waals surface area contributed by atoms with Crippen LogP contribution < -0.4 is 15.2 Å². The Morgan fingerprint density at radius 2 is 2.00 bits per heavy atom. The predicted molar refractivity (Wildman–Crippen MR) is 76.6 cm³/mol. The van der Waals surface area contributed by atoms with Crippen molar-refractivity contribution in [2.24, 2.45) is 11.7 Å². The van der Waals surface area contributed by atoms with E-state index in [9.17, 15) is 0 Å². The second-order valence-corrected chi connectivity index (χ2v) is 5.36. The van der Waals surface area contributed by atoms with Gasteiger partial charge in [-0.15, -0.1) is 0 Å². The van der Waals surface area contributed by atoms with Crippen LogP contribution in [0.1, 0.15) is 18.9 Å². The predicted octanol–water partition coefficient (Wildman–Crippen LogP) is 1.87. The van der Waals surface area contributed by atoms with Gasteiger partial charge >= 0.3 is 0 Å². The van der Waals surface area contributed by atoms with E-state index < -0.39 is 0 Å². The second kappa shape index (κ2) is 6.78. The zero-order valence-corrected chi connectivity index (χ0v) is 11.9. The van der Waals surface area contributed by atoms with Crippen molar-refractivity contribution in [1.29, 1.82) is 0 Å².